The Labute approximate surface area is 231 Å². The number of anilines is 1. The Morgan fingerprint density at radius 3 is 2.59 bits per heavy atom. The Bertz CT molecular complexity index is 1530. The smallest absolute Gasteiger partial charge is 0.476 e. The van der Waals surface area contributed by atoms with E-state index in [1.807, 2.05) is 6.07 Å². The van der Waals surface area contributed by atoms with Gasteiger partial charge in [-0.3, -0.25) is 19.1 Å². The molecule has 0 saturated heterocycles. The third-order valence-corrected chi connectivity index (χ3v) is 6.21. The van der Waals surface area contributed by atoms with Gasteiger partial charge in [-0.1, -0.05) is 18.9 Å². The van der Waals surface area contributed by atoms with Crippen LogP contribution in [-0.4, -0.2) is 45.9 Å². The quantitative estimate of drug-likeness (QED) is 0.254. The Balaban J connectivity index is 1.51. The van der Waals surface area contributed by atoms with Crippen molar-refractivity contribution < 1.29 is 41.4 Å². The molecule has 1 aliphatic rings. The van der Waals surface area contributed by atoms with Crippen LogP contribution in [0.1, 0.15) is 43.6 Å². The van der Waals surface area contributed by atoms with Crippen molar-refractivity contribution in [2.75, 3.05) is 5.32 Å². The Morgan fingerprint density at radius 1 is 1.22 bits per heavy atom. The highest BCUT2D eigenvalue weighted by molar-refractivity contribution is 6.05. The molecule has 1 heterocycles. The van der Waals surface area contributed by atoms with Gasteiger partial charge < -0.3 is 20.1 Å². The minimum Gasteiger partial charge on any atom is -0.476 e. The second-order valence-corrected chi connectivity index (χ2v) is 9.58. The highest BCUT2D eigenvalue weighted by Crippen LogP contribution is 2.34. The lowest BCUT2D eigenvalue weighted by Crippen LogP contribution is -2.45. The van der Waals surface area contributed by atoms with Crippen molar-refractivity contribution in [3.63, 3.8) is 0 Å². The number of nitrogens with one attached hydrogen (secondary N) is 2. The maximum absolute atomic E-state index is 14.6. The molecule has 1 unspecified atom stereocenters. The van der Waals surface area contributed by atoms with Crippen LogP contribution in [0.4, 0.5) is 23.2 Å². The molecule has 4 rings (SSSR count). The van der Waals surface area contributed by atoms with Crippen molar-refractivity contribution >= 4 is 34.2 Å². The van der Waals surface area contributed by atoms with Crippen LogP contribution in [0.5, 0.6) is 11.5 Å². The first-order chi connectivity index (χ1) is 19.3. The lowest BCUT2D eigenvalue weighted by molar-refractivity contribution is -0.275. The van der Waals surface area contributed by atoms with E-state index in [4.69, 9.17) is 10.00 Å². The molecule has 1 saturated carbocycles. The molecule has 0 spiro atoms. The van der Waals surface area contributed by atoms with Crippen molar-refractivity contribution in [3.05, 3.63) is 47.9 Å². The number of benzene rings is 2. The van der Waals surface area contributed by atoms with Crippen LogP contribution in [0.25, 0.3) is 10.9 Å². The van der Waals surface area contributed by atoms with Gasteiger partial charge >= 0.3 is 6.36 Å². The van der Waals surface area contributed by atoms with E-state index in [1.54, 1.807) is 19.1 Å². The number of nitriles is 1. The van der Waals surface area contributed by atoms with Gasteiger partial charge in [-0.05, 0) is 49.6 Å². The predicted molar refractivity (Wildman–Crippen MR) is 136 cm³/mol. The number of rotatable bonds is 11. The van der Waals surface area contributed by atoms with E-state index in [-0.39, 0.29) is 30.4 Å². The minimum absolute atomic E-state index is 0.0755. The van der Waals surface area contributed by atoms with E-state index in [2.05, 4.69) is 20.5 Å². The topological polar surface area (TPSA) is 135 Å². The van der Waals surface area contributed by atoms with E-state index in [0.29, 0.717) is 16.7 Å². The molecule has 1 fully saturated rings. The van der Waals surface area contributed by atoms with Crippen LogP contribution < -0.4 is 20.1 Å². The van der Waals surface area contributed by atoms with Gasteiger partial charge in [-0.15, -0.1) is 13.2 Å². The van der Waals surface area contributed by atoms with Gasteiger partial charge in [0.25, 0.3) is 0 Å². The molecule has 0 radical (unpaired) electrons. The monoisotopic (exact) mass is 575 g/mol. The van der Waals surface area contributed by atoms with Crippen LogP contribution in [-0.2, 0) is 16.1 Å². The molecule has 0 bridgehead atoms. The maximum atomic E-state index is 14.6. The zero-order chi connectivity index (χ0) is 29.9. The van der Waals surface area contributed by atoms with Crippen molar-refractivity contribution in [2.24, 2.45) is 5.92 Å². The van der Waals surface area contributed by atoms with E-state index in [0.717, 1.165) is 31.0 Å². The first-order valence-corrected chi connectivity index (χ1v) is 12.6. The number of ketones is 1. The SMILES string of the molecule is CC(=O)c1nn(CC(=O)N[C@@H](CC2CC2)C(=O)Nc2cccc(OC(F)(F)F)c2F)c2ccc(OC(C)C#N)cc12. The summed E-state index contributed by atoms with van der Waals surface area (Å²) in [5, 5.41) is 18.5. The average Bonchev–Trinajstić information content (AvgIpc) is 3.64. The number of ether oxygens (including phenoxy) is 2. The number of hydrogen-bond donors (Lipinski definition) is 2. The molecular weight excluding hydrogens is 550 g/mol. The number of carbonyl (C=O) groups is 3. The standard InChI is InChI=1S/C27H25F4N5O5/c1-14(12-32)40-17-8-9-21-18(11-17)25(15(2)37)35-36(21)13-23(38)33-20(10-16-6-7-16)26(39)34-19-4-3-5-22(24(19)28)41-27(29,30)31/h3-5,8-9,11,14,16,20H,6-7,10,13H2,1-2H3,(H,33,38)(H,34,39)/t14?,20-/m0/s1. The number of amides is 2. The van der Waals surface area contributed by atoms with Crippen molar-refractivity contribution in [2.45, 2.75) is 58.2 Å². The molecule has 10 nitrogen and oxygen atoms in total. The van der Waals surface area contributed by atoms with E-state index >= 15 is 0 Å². The van der Waals surface area contributed by atoms with Gasteiger partial charge in [0.15, 0.2) is 23.5 Å². The van der Waals surface area contributed by atoms with Crippen LogP contribution in [0.15, 0.2) is 36.4 Å². The van der Waals surface area contributed by atoms with Crippen LogP contribution in [0.2, 0.25) is 0 Å². The van der Waals surface area contributed by atoms with Crippen LogP contribution in [0.3, 0.4) is 0 Å². The van der Waals surface area contributed by atoms with Crippen molar-refractivity contribution in [1.82, 2.24) is 15.1 Å². The summed E-state index contributed by atoms with van der Waals surface area (Å²) in [4.78, 5) is 38.2. The zero-order valence-electron chi connectivity index (χ0n) is 21.9. The summed E-state index contributed by atoms with van der Waals surface area (Å²) >= 11 is 0. The normalized spacial score (nSPS) is 14.6. The van der Waals surface area contributed by atoms with Crippen LogP contribution >= 0.6 is 0 Å². The molecule has 2 N–H and O–H groups in total. The fourth-order valence-corrected chi connectivity index (χ4v) is 4.17. The van der Waals surface area contributed by atoms with Gasteiger partial charge in [0, 0.05) is 12.3 Å². The molecule has 14 heteroatoms. The highest BCUT2D eigenvalue weighted by atomic mass is 19.4. The number of hydrogen-bond acceptors (Lipinski definition) is 7. The number of aromatic nitrogens is 2. The number of nitrogens with zero attached hydrogens (tertiary/aromatic N) is 3. The summed E-state index contributed by atoms with van der Waals surface area (Å²) in [6.45, 7) is 2.48. The van der Waals surface area contributed by atoms with Crippen molar-refractivity contribution in [1.29, 1.82) is 5.26 Å². The van der Waals surface area contributed by atoms with E-state index < -0.39 is 47.6 Å². The van der Waals surface area contributed by atoms with Crippen LogP contribution in [0, 0.1) is 23.1 Å². The van der Waals surface area contributed by atoms with Crippen molar-refractivity contribution in [3.8, 4) is 17.6 Å². The minimum atomic E-state index is -5.13. The predicted octanol–water partition coefficient (Wildman–Crippen LogP) is 4.49. The second kappa shape index (κ2) is 11.8. The molecule has 2 amide bonds. The summed E-state index contributed by atoms with van der Waals surface area (Å²) in [6, 6.07) is 8.41. The highest BCUT2D eigenvalue weighted by Gasteiger charge is 2.34. The third-order valence-electron chi connectivity index (χ3n) is 6.21. The molecule has 3 aromatic rings. The van der Waals surface area contributed by atoms with E-state index in [9.17, 15) is 31.9 Å². The average molecular weight is 576 g/mol. The summed E-state index contributed by atoms with van der Waals surface area (Å²) in [5.74, 6) is -3.89. The first-order valence-electron chi connectivity index (χ1n) is 12.6. The molecule has 1 aromatic heterocycles. The molecule has 2 aromatic carbocycles. The largest absolute Gasteiger partial charge is 0.573 e. The summed E-state index contributed by atoms with van der Waals surface area (Å²) in [7, 11) is 0. The molecule has 2 atom stereocenters. The summed E-state index contributed by atoms with van der Waals surface area (Å²) in [6.07, 6.45) is -3.99. The number of fused-ring (bicyclic) bond motifs is 1. The van der Waals surface area contributed by atoms with Gasteiger partial charge in [-0.25, -0.2) is 4.39 Å². The number of halogens is 4. The number of alkyl halides is 3. The van der Waals surface area contributed by atoms with Gasteiger partial charge in [-0.2, -0.15) is 10.4 Å². The lowest BCUT2D eigenvalue weighted by atomic mass is 10.1. The summed E-state index contributed by atoms with van der Waals surface area (Å²) in [5.41, 5.74) is -0.0414. The number of carbonyl (C=O) groups excluding carboxylic acids is 3. The fraction of sp³-hybridized carbons (Fsp3) is 0.370. The Morgan fingerprint density at radius 2 is 1.95 bits per heavy atom. The Hall–Kier alpha value is -4.67. The molecule has 216 valence electrons. The third kappa shape index (κ3) is 7.50. The summed E-state index contributed by atoms with van der Waals surface area (Å²) < 4.78 is 62.7. The zero-order valence-corrected chi connectivity index (χ0v) is 21.9. The number of Topliss-reactive ketones (excluding diaryl/α,β-unsaturated/α-hetero) is 1. The van der Waals surface area contributed by atoms with Gasteiger partial charge in [0.1, 0.15) is 30.1 Å². The molecule has 1 aliphatic carbocycles. The fourth-order valence-electron chi connectivity index (χ4n) is 4.17. The van der Waals surface area contributed by atoms with Gasteiger partial charge in [0.2, 0.25) is 11.8 Å². The molecular formula is C27H25F4N5O5. The first kappa shape index (κ1) is 29.3. The molecule has 41 heavy (non-hydrogen) atoms. The maximum Gasteiger partial charge on any atom is 0.573 e. The lowest BCUT2D eigenvalue weighted by Gasteiger charge is -2.19. The van der Waals surface area contributed by atoms with E-state index in [1.165, 1.54) is 17.7 Å². The van der Waals surface area contributed by atoms with Gasteiger partial charge in [0.05, 0.1) is 11.2 Å². The molecule has 0 aliphatic heterocycles. The Kier molecular flexibility index (Phi) is 8.46. The second-order valence-electron chi connectivity index (χ2n) is 9.58.